The van der Waals surface area contributed by atoms with E-state index in [2.05, 4.69) is 47.5 Å². The van der Waals surface area contributed by atoms with Gasteiger partial charge in [0.05, 0.1) is 0 Å². The molecule has 0 aromatic carbocycles. The molecule has 3 heterocycles. The molecule has 0 bridgehead atoms. The maximum atomic E-state index is 12.8. The minimum absolute atomic E-state index is 0.0499. The van der Waals surface area contributed by atoms with Crippen LogP contribution in [0.3, 0.4) is 0 Å². The fourth-order valence-electron chi connectivity index (χ4n) is 3.53. The summed E-state index contributed by atoms with van der Waals surface area (Å²) in [6, 6.07) is 1.98. The maximum absolute atomic E-state index is 12.8. The van der Waals surface area contributed by atoms with Crippen molar-refractivity contribution >= 4 is 11.7 Å². The van der Waals surface area contributed by atoms with Crippen molar-refractivity contribution < 1.29 is 4.79 Å². The molecule has 6 heteroatoms. The summed E-state index contributed by atoms with van der Waals surface area (Å²) in [5, 5.41) is 0. The number of amides is 1. The Morgan fingerprint density at radius 1 is 1.08 bits per heavy atom. The van der Waals surface area contributed by atoms with E-state index in [1.54, 1.807) is 0 Å². The highest BCUT2D eigenvalue weighted by Gasteiger charge is 2.30. The molecule has 2 aliphatic heterocycles. The van der Waals surface area contributed by atoms with Crippen LogP contribution in [0.25, 0.3) is 0 Å². The van der Waals surface area contributed by atoms with Gasteiger partial charge in [-0.05, 0) is 26.0 Å². The van der Waals surface area contributed by atoms with Gasteiger partial charge in [0.2, 0.25) is 5.91 Å². The van der Waals surface area contributed by atoms with Gasteiger partial charge in [-0.25, -0.2) is 9.97 Å². The molecule has 1 amide bonds. The molecule has 0 N–H and O–H groups in total. The fourth-order valence-corrected chi connectivity index (χ4v) is 3.53. The summed E-state index contributed by atoms with van der Waals surface area (Å²) in [6.45, 7) is 11.9. The van der Waals surface area contributed by atoms with Crippen LogP contribution in [0.4, 0.5) is 5.82 Å². The van der Waals surface area contributed by atoms with Crippen LogP contribution in [0, 0.1) is 5.92 Å². The van der Waals surface area contributed by atoms with Crippen molar-refractivity contribution in [1.82, 2.24) is 19.8 Å². The Kier molecular flexibility index (Phi) is 5.27. The standard InChI is InChI=1S/C19H31N5O/c1-19(2,3)18-20-8-5-16(21-18)23-9-6-15(7-10-23)17(25)24-13-11-22(4)12-14-24/h5,8,15H,6-7,9-14H2,1-4H3. The minimum atomic E-state index is -0.0499. The molecule has 138 valence electrons. The lowest BCUT2D eigenvalue weighted by molar-refractivity contribution is -0.137. The summed E-state index contributed by atoms with van der Waals surface area (Å²) < 4.78 is 0. The van der Waals surface area contributed by atoms with E-state index in [1.807, 2.05) is 12.3 Å². The van der Waals surface area contributed by atoms with Gasteiger partial charge in [-0.1, -0.05) is 20.8 Å². The highest BCUT2D eigenvalue weighted by atomic mass is 16.2. The summed E-state index contributed by atoms with van der Waals surface area (Å²) in [4.78, 5) is 28.6. The van der Waals surface area contributed by atoms with Crippen LogP contribution in [0.15, 0.2) is 12.3 Å². The predicted octanol–water partition coefficient (Wildman–Crippen LogP) is 1.76. The van der Waals surface area contributed by atoms with Crippen LogP contribution >= 0.6 is 0 Å². The lowest BCUT2D eigenvalue weighted by atomic mass is 9.94. The first-order valence-electron chi connectivity index (χ1n) is 9.40. The third-order valence-electron chi connectivity index (χ3n) is 5.29. The number of piperidine rings is 1. The number of hydrogen-bond acceptors (Lipinski definition) is 5. The molecule has 0 unspecified atom stereocenters. The van der Waals surface area contributed by atoms with Gasteiger partial charge >= 0.3 is 0 Å². The quantitative estimate of drug-likeness (QED) is 0.818. The van der Waals surface area contributed by atoms with Gasteiger partial charge in [-0.2, -0.15) is 0 Å². The van der Waals surface area contributed by atoms with Crippen molar-refractivity contribution in [2.24, 2.45) is 5.92 Å². The van der Waals surface area contributed by atoms with Crippen molar-refractivity contribution in [1.29, 1.82) is 0 Å². The molecule has 3 rings (SSSR count). The van der Waals surface area contributed by atoms with Crippen LogP contribution in [0.5, 0.6) is 0 Å². The number of hydrogen-bond donors (Lipinski definition) is 0. The first kappa shape index (κ1) is 18.1. The highest BCUT2D eigenvalue weighted by Crippen LogP contribution is 2.25. The monoisotopic (exact) mass is 345 g/mol. The second-order valence-corrected chi connectivity index (χ2v) is 8.38. The van der Waals surface area contributed by atoms with Gasteiger partial charge in [0, 0.05) is 56.8 Å². The summed E-state index contributed by atoms with van der Waals surface area (Å²) in [5.74, 6) is 2.39. The van der Waals surface area contributed by atoms with Crippen LogP contribution in [-0.4, -0.2) is 72.0 Å². The van der Waals surface area contributed by atoms with E-state index in [1.165, 1.54) is 0 Å². The average Bonchev–Trinajstić information content (AvgIpc) is 2.61. The molecular weight excluding hydrogens is 314 g/mol. The second-order valence-electron chi connectivity index (χ2n) is 8.38. The van der Waals surface area contributed by atoms with Gasteiger partial charge in [0.1, 0.15) is 11.6 Å². The summed E-state index contributed by atoms with van der Waals surface area (Å²) >= 11 is 0. The van der Waals surface area contributed by atoms with Crippen molar-refractivity contribution in [3.8, 4) is 0 Å². The zero-order chi connectivity index (χ0) is 18.0. The first-order chi connectivity index (χ1) is 11.8. The number of aromatic nitrogens is 2. The summed E-state index contributed by atoms with van der Waals surface area (Å²) in [7, 11) is 2.12. The van der Waals surface area contributed by atoms with Crippen LogP contribution in [-0.2, 0) is 10.2 Å². The number of nitrogens with zero attached hydrogens (tertiary/aromatic N) is 5. The SMILES string of the molecule is CN1CCN(C(=O)C2CCN(c3ccnc(C(C)(C)C)n3)CC2)CC1. The third kappa shape index (κ3) is 4.29. The number of carbonyl (C=O) groups is 1. The molecule has 0 radical (unpaired) electrons. The minimum Gasteiger partial charge on any atom is -0.356 e. The molecule has 0 saturated carbocycles. The Hall–Kier alpha value is -1.69. The normalized spacial score (nSPS) is 20.8. The third-order valence-corrected chi connectivity index (χ3v) is 5.29. The van der Waals surface area contributed by atoms with Crippen molar-refractivity contribution in [2.75, 3.05) is 51.2 Å². The Labute approximate surface area is 151 Å². The number of carbonyl (C=O) groups excluding carboxylic acids is 1. The topological polar surface area (TPSA) is 52.6 Å². The van der Waals surface area contributed by atoms with Gasteiger partial charge in [-0.3, -0.25) is 4.79 Å². The molecular formula is C19H31N5O. The molecule has 6 nitrogen and oxygen atoms in total. The number of piperazine rings is 1. The molecule has 25 heavy (non-hydrogen) atoms. The molecule has 2 fully saturated rings. The van der Waals surface area contributed by atoms with Crippen LogP contribution in [0.2, 0.25) is 0 Å². The maximum Gasteiger partial charge on any atom is 0.225 e. The van der Waals surface area contributed by atoms with Gasteiger partial charge < -0.3 is 14.7 Å². The molecule has 1 aromatic heterocycles. The molecule has 1 aromatic rings. The van der Waals surface area contributed by atoms with Crippen molar-refractivity contribution in [2.45, 2.75) is 39.0 Å². The van der Waals surface area contributed by atoms with Gasteiger partial charge in [0.25, 0.3) is 0 Å². The lowest BCUT2D eigenvalue weighted by Crippen LogP contribution is -2.50. The van der Waals surface area contributed by atoms with Crippen molar-refractivity contribution in [3.63, 3.8) is 0 Å². The number of anilines is 1. The molecule has 0 spiro atoms. The van der Waals surface area contributed by atoms with E-state index in [4.69, 9.17) is 4.98 Å². The first-order valence-corrected chi connectivity index (χ1v) is 9.40. The molecule has 2 saturated heterocycles. The van der Waals surface area contributed by atoms with E-state index < -0.39 is 0 Å². The predicted molar refractivity (Wildman–Crippen MR) is 99.7 cm³/mol. The molecule has 0 aliphatic carbocycles. The smallest absolute Gasteiger partial charge is 0.225 e. The van der Waals surface area contributed by atoms with E-state index in [-0.39, 0.29) is 11.3 Å². The van der Waals surface area contributed by atoms with E-state index in [9.17, 15) is 4.79 Å². The highest BCUT2D eigenvalue weighted by molar-refractivity contribution is 5.79. The molecule has 0 atom stereocenters. The van der Waals surface area contributed by atoms with E-state index in [0.29, 0.717) is 5.91 Å². The Morgan fingerprint density at radius 3 is 2.32 bits per heavy atom. The van der Waals surface area contributed by atoms with Gasteiger partial charge in [-0.15, -0.1) is 0 Å². The molecule has 2 aliphatic rings. The Morgan fingerprint density at radius 2 is 1.72 bits per heavy atom. The zero-order valence-corrected chi connectivity index (χ0v) is 16.0. The lowest BCUT2D eigenvalue weighted by Gasteiger charge is -2.38. The largest absolute Gasteiger partial charge is 0.356 e. The average molecular weight is 345 g/mol. The van der Waals surface area contributed by atoms with E-state index >= 15 is 0 Å². The number of rotatable bonds is 2. The summed E-state index contributed by atoms with van der Waals surface area (Å²) in [6.07, 6.45) is 3.68. The van der Waals surface area contributed by atoms with Crippen LogP contribution in [0.1, 0.15) is 39.4 Å². The van der Waals surface area contributed by atoms with E-state index in [0.717, 1.165) is 63.8 Å². The number of likely N-dealkylation sites (N-methyl/N-ethyl adjacent to an activating group) is 1. The zero-order valence-electron chi connectivity index (χ0n) is 16.0. The Bertz CT molecular complexity index is 596. The fraction of sp³-hybridized carbons (Fsp3) is 0.737. The van der Waals surface area contributed by atoms with Crippen molar-refractivity contribution in [3.05, 3.63) is 18.1 Å². The second kappa shape index (κ2) is 7.28. The van der Waals surface area contributed by atoms with Crippen LogP contribution < -0.4 is 4.90 Å². The van der Waals surface area contributed by atoms with Gasteiger partial charge in [0.15, 0.2) is 0 Å². The summed E-state index contributed by atoms with van der Waals surface area (Å²) in [5.41, 5.74) is -0.0499. The Balaban J connectivity index is 1.58.